The summed E-state index contributed by atoms with van der Waals surface area (Å²) in [5.74, 6) is -0.188. The molecule has 2 rings (SSSR count). The predicted molar refractivity (Wildman–Crippen MR) is 72.1 cm³/mol. The van der Waals surface area contributed by atoms with Crippen LogP contribution in [0.5, 0.6) is 0 Å². The van der Waals surface area contributed by atoms with Gasteiger partial charge in [0.15, 0.2) is 5.82 Å². The molecule has 0 aliphatic carbocycles. The molecule has 1 unspecified atom stereocenters. The first-order valence-electron chi connectivity index (χ1n) is 6.24. The third kappa shape index (κ3) is 2.98. The first-order chi connectivity index (χ1) is 9.15. The van der Waals surface area contributed by atoms with Crippen molar-refractivity contribution in [1.29, 1.82) is 0 Å². The molecule has 2 heterocycles. The van der Waals surface area contributed by atoms with Crippen LogP contribution in [-0.2, 0) is 11.2 Å². The summed E-state index contributed by atoms with van der Waals surface area (Å²) in [6.07, 6.45) is 1.68. The Morgan fingerprint density at radius 3 is 2.84 bits per heavy atom. The smallest absolute Gasteiger partial charge is 0.305 e. The predicted octanol–water partition coefficient (Wildman–Crippen LogP) is 2.39. The molecule has 6 nitrogen and oxygen atoms in total. The van der Waals surface area contributed by atoms with E-state index < -0.39 is 5.97 Å². The molecule has 19 heavy (non-hydrogen) atoms. The first-order valence-corrected chi connectivity index (χ1v) is 7.06. The molecule has 1 N–H and O–H groups in total. The number of hydrogen-bond acceptors (Lipinski definition) is 5. The van der Waals surface area contributed by atoms with Gasteiger partial charge in [-0.15, -0.1) is 16.4 Å². The monoisotopic (exact) mass is 280 g/mol. The summed E-state index contributed by atoms with van der Waals surface area (Å²) < 4.78 is 1.62. The van der Waals surface area contributed by atoms with Gasteiger partial charge in [0.25, 0.3) is 0 Å². The van der Waals surface area contributed by atoms with Crippen LogP contribution in [0.4, 0.5) is 0 Å². The van der Waals surface area contributed by atoms with Crippen LogP contribution in [0, 0.1) is 0 Å². The van der Waals surface area contributed by atoms with Crippen molar-refractivity contribution in [3.63, 3.8) is 0 Å². The Labute approximate surface area is 115 Å². The fourth-order valence-electron chi connectivity index (χ4n) is 1.90. The molecule has 0 saturated heterocycles. The molecule has 0 aliphatic rings. The van der Waals surface area contributed by atoms with Crippen LogP contribution in [0.1, 0.15) is 37.6 Å². The summed E-state index contributed by atoms with van der Waals surface area (Å²) in [6.45, 7) is 4.03. The van der Waals surface area contributed by atoms with Crippen molar-refractivity contribution >= 4 is 17.3 Å². The summed E-state index contributed by atoms with van der Waals surface area (Å²) in [7, 11) is 0. The van der Waals surface area contributed by atoms with Gasteiger partial charge >= 0.3 is 5.97 Å². The lowest BCUT2D eigenvalue weighted by molar-refractivity contribution is -0.138. The summed E-state index contributed by atoms with van der Waals surface area (Å²) in [5, 5.41) is 20.6. The number of aryl methyl sites for hydroxylation is 1. The Morgan fingerprint density at radius 2 is 2.26 bits per heavy atom. The highest BCUT2D eigenvalue weighted by Gasteiger charge is 2.20. The molecule has 0 aromatic carbocycles. The molecule has 0 aliphatic heterocycles. The molecular weight excluding hydrogens is 264 g/mol. The van der Waals surface area contributed by atoms with E-state index in [1.165, 1.54) is 4.88 Å². The van der Waals surface area contributed by atoms with Crippen LogP contribution >= 0.6 is 11.3 Å². The van der Waals surface area contributed by atoms with Crippen LogP contribution in [0.3, 0.4) is 0 Å². The first kappa shape index (κ1) is 13.7. The topological polar surface area (TPSA) is 80.9 Å². The Hall–Kier alpha value is -1.76. The fraction of sp³-hybridized carbons (Fsp3) is 0.500. The Balaban J connectivity index is 2.32. The van der Waals surface area contributed by atoms with E-state index in [1.807, 2.05) is 13.0 Å². The van der Waals surface area contributed by atoms with E-state index in [-0.39, 0.29) is 12.5 Å². The number of hydrogen-bond donors (Lipinski definition) is 1. The van der Waals surface area contributed by atoms with Crippen molar-refractivity contribution in [3.05, 3.63) is 17.0 Å². The van der Waals surface area contributed by atoms with E-state index in [4.69, 9.17) is 5.11 Å². The Bertz CT molecular complexity index is 564. The van der Waals surface area contributed by atoms with E-state index in [0.717, 1.165) is 11.3 Å². The molecule has 0 bridgehead atoms. The van der Waals surface area contributed by atoms with Gasteiger partial charge in [0.1, 0.15) is 0 Å². The summed E-state index contributed by atoms with van der Waals surface area (Å²) >= 11 is 1.64. The standard InChI is InChI=1S/C12H16N4O2S/c1-3-8(7-11(17)18)16-12(13-14-15-16)10-6-5-9(4-2)19-10/h5-6,8H,3-4,7H2,1-2H3,(H,17,18). The second-order valence-electron chi connectivity index (χ2n) is 4.23. The molecule has 0 saturated carbocycles. The van der Waals surface area contributed by atoms with E-state index in [9.17, 15) is 4.79 Å². The highest BCUT2D eigenvalue weighted by Crippen LogP contribution is 2.29. The highest BCUT2D eigenvalue weighted by atomic mass is 32.1. The molecule has 2 aromatic heterocycles. The van der Waals surface area contributed by atoms with Crippen molar-refractivity contribution in [2.75, 3.05) is 0 Å². The molecule has 2 aromatic rings. The van der Waals surface area contributed by atoms with Crippen LogP contribution in [0.15, 0.2) is 12.1 Å². The second kappa shape index (κ2) is 5.92. The molecule has 102 valence electrons. The summed E-state index contributed by atoms with van der Waals surface area (Å²) in [5.41, 5.74) is 0. The second-order valence-corrected chi connectivity index (χ2v) is 5.39. The molecule has 0 fully saturated rings. The van der Waals surface area contributed by atoms with E-state index in [0.29, 0.717) is 12.2 Å². The fourth-order valence-corrected chi connectivity index (χ4v) is 2.82. The molecule has 0 spiro atoms. The quantitative estimate of drug-likeness (QED) is 0.878. The van der Waals surface area contributed by atoms with Gasteiger partial charge < -0.3 is 5.11 Å². The summed E-state index contributed by atoms with van der Waals surface area (Å²) in [4.78, 5) is 13.1. The average molecular weight is 280 g/mol. The SMILES string of the molecule is CCc1ccc(-c2nnnn2C(CC)CC(=O)O)s1. The zero-order valence-electron chi connectivity index (χ0n) is 10.9. The van der Waals surface area contributed by atoms with Gasteiger partial charge in [0, 0.05) is 4.88 Å². The number of tetrazole rings is 1. The van der Waals surface area contributed by atoms with Gasteiger partial charge in [-0.3, -0.25) is 4.79 Å². The van der Waals surface area contributed by atoms with Crippen molar-refractivity contribution in [1.82, 2.24) is 20.2 Å². The van der Waals surface area contributed by atoms with Crippen molar-refractivity contribution in [2.24, 2.45) is 0 Å². The number of thiophene rings is 1. The van der Waals surface area contributed by atoms with Crippen LogP contribution in [-0.4, -0.2) is 31.3 Å². The van der Waals surface area contributed by atoms with Gasteiger partial charge in [-0.25, -0.2) is 4.68 Å². The van der Waals surface area contributed by atoms with Crippen LogP contribution in [0.25, 0.3) is 10.7 Å². The lowest BCUT2D eigenvalue weighted by Gasteiger charge is -2.13. The molecule has 1 atom stereocenters. The van der Waals surface area contributed by atoms with Gasteiger partial charge in [-0.05, 0) is 35.4 Å². The van der Waals surface area contributed by atoms with Gasteiger partial charge in [-0.1, -0.05) is 13.8 Å². The maximum Gasteiger partial charge on any atom is 0.305 e. The molecular formula is C12H16N4O2S. The van der Waals surface area contributed by atoms with E-state index in [1.54, 1.807) is 16.0 Å². The van der Waals surface area contributed by atoms with E-state index in [2.05, 4.69) is 28.5 Å². The molecule has 0 amide bonds. The maximum atomic E-state index is 10.9. The van der Waals surface area contributed by atoms with Crippen LogP contribution in [0.2, 0.25) is 0 Å². The Kier molecular flexibility index (Phi) is 4.26. The lowest BCUT2D eigenvalue weighted by atomic mass is 10.1. The molecule has 0 radical (unpaired) electrons. The number of carboxylic acid groups (broad SMARTS) is 1. The number of nitrogens with zero attached hydrogens (tertiary/aromatic N) is 4. The number of aromatic nitrogens is 4. The van der Waals surface area contributed by atoms with Gasteiger partial charge in [-0.2, -0.15) is 0 Å². The number of aliphatic carboxylic acids is 1. The highest BCUT2D eigenvalue weighted by molar-refractivity contribution is 7.15. The maximum absolute atomic E-state index is 10.9. The van der Waals surface area contributed by atoms with Crippen molar-refractivity contribution in [2.45, 2.75) is 39.2 Å². The van der Waals surface area contributed by atoms with Crippen LogP contribution < -0.4 is 0 Å². The normalized spacial score (nSPS) is 12.5. The molecule has 7 heteroatoms. The lowest BCUT2D eigenvalue weighted by Crippen LogP contribution is -2.15. The van der Waals surface area contributed by atoms with Gasteiger partial charge in [0.2, 0.25) is 0 Å². The van der Waals surface area contributed by atoms with Gasteiger partial charge in [0.05, 0.1) is 17.3 Å². The number of carbonyl (C=O) groups is 1. The minimum Gasteiger partial charge on any atom is -0.481 e. The van der Waals surface area contributed by atoms with E-state index >= 15 is 0 Å². The zero-order chi connectivity index (χ0) is 13.8. The third-order valence-electron chi connectivity index (χ3n) is 2.95. The number of rotatable bonds is 6. The number of carboxylic acids is 1. The summed E-state index contributed by atoms with van der Waals surface area (Å²) in [6, 6.07) is 3.82. The minimum atomic E-state index is -0.839. The Morgan fingerprint density at radius 1 is 1.47 bits per heavy atom. The average Bonchev–Trinajstić information content (AvgIpc) is 3.03. The minimum absolute atomic E-state index is 0.0283. The van der Waals surface area contributed by atoms with Crippen molar-refractivity contribution in [3.8, 4) is 10.7 Å². The van der Waals surface area contributed by atoms with Crippen molar-refractivity contribution < 1.29 is 9.90 Å². The third-order valence-corrected chi connectivity index (χ3v) is 4.18. The zero-order valence-corrected chi connectivity index (χ0v) is 11.7. The largest absolute Gasteiger partial charge is 0.481 e.